The number of hydrogen-bond donors (Lipinski definition) is 3. The van der Waals surface area contributed by atoms with Gasteiger partial charge >= 0.3 is 0 Å². The van der Waals surface area contributed by atoms with E-state index in [1.165, 1.54) is 19.3 Å². The molecule has 1 saturated heterocycles. The summed E-state index contributed by atoms with van der Waals surface area (Å²) in [5.74, 6) is 1.16. The van der Waals surface area contributed by atoms with Crippen molar-refractivity contribution in [3.63, 3.8) is 0 Å². The molecule has 1 aliphatic heterocycles. The Labute approximate surface area is 179 Å². The highest BCUT2D eigenvalue weighted by Crippen LogP contribution is 2.36. The third-order valence-corrected chi connectivity index (χ3v) is 5.35. The summed E-state index contributed by atoms with van der Waals surface area (Å²) in [5, 5.41) is 6.42. The number of piperidine rings is 1. The van der Waals surface area contributed by atoms with Gasteiger partial charge in [0.15, 0.2) is 5.75 Å². The number of nitrogen functional groups attached to an aromatic ring is 1. The summed E-state index contributed by atoms with van der Waals surface area (Å²) in [6.07, 6.45) is 5.92. The Kier molecular flexibility index (Phi) is 8.39. The van der Waals surface area contributed by atoms with Crippen molar-refractivity contribution in [3.8, 4) is 11.5 Å². The number of hydrogen-bond acceptors (Lipinski definition) is 5. The van der Waals surface area contributed by atoms with Gasteiger partial charge in [0.2, 0.25) is 0 Å². The second-order valence-electron chi connectivity index (χ2n) is 7.80. The van der Waals surface area contributed by atoms with Crippen molar-refractivity contribution in [3.05, 3.63) is 48.0 Å². The van der Waals surface area contributed by atoms with Gasteiger partial charge in [0.1, 0.15) is 5.75 Å². The first-order valence-corrected chi connectivity index (χ1v) is 11.1. The number of likely N-dealkylation sites (tertiary alicyclic amines) is 1. The predicted octanol–water partition coefficient (Wildman–Crippen LogP) is 4.49. The summed E-state index contributed by atoms with van der Waals surface area (Å²) >= 11 is 0. The van der Waals surface area contributed by atoms with Crippen molar-refractivity contribution in [1.82, 2.24) is 10.2 Å². The molecule has 2 aromatic carbocycles. The van der Waals surface area contributed by atoms with Gasteiger partial charge in [-0.25, -0.2) is 0 Å². The SMILES string of the molecule is CCCCNc1cc(C(=O)NCCN2CCCCC2)cc(N)c1Oc1ccccc1. The van der Waals surface area contributed by atoms with Crippen LogP contribution in [0, 0.1) is 0 Å². The maximum absolute atomic E-state index is 12.7. The lowest BCUT2D eigenvalue weighted by Gasteiger charge is -2.26. The average Bonchev–Trinajstić information content (AvgIpc) is 2.77. The molecule has 30 heavy (non-hydrogen) atoms. The zero-order valence-corrected chi connectivity index (χ0v) is 18.0. The van der Waals surface area contributed by atoms with E-state index >= 15 is 0 Å². The molecule has 0 atom stereocenters. The van der Waals surface area contributed by atoms with E-state index in [0.717, 1.165) is 44.7 Å². The Bertz CT molecular complexity index is 804. The molecule has 162 valence electrons. The number of nitrogens with zero attached hydrogens (tertiary/aromatic N) is 1. The Balaban J connectivity index is 1.69. The van der Waals surface area contributed by atoms with Crippen LogP contribution in [0.5, 0.6) is 11.5 Å². The lowest BCUT2D eigenvalue weighted by atomic mass is 10.1. The number of benzene rings is 2. The smallest absolute Gasteiger partial charge is 0.251 e. The fourth-order valence-corrected chi connectivity index (χ4v) is 3.65. The van der Waals surface area contributed by atoms with Crippen LogP contribution in [0.4, 0.5) is 11.4 Å². The van der Waals surface area contributed by atoms with E-state index in [-0.39, 0.29) is 5.91 Å². The summed E-state index contributed by atoms with van der Waals surface area (Å²) < 4.78 is 6.04. The minimum Gasteiger partial charge on any atom is -0.453 e. The van der Waals surface area contributed by atoms with Gasteiger partial charge in [-0.05, 0) is 56.6 Å². The first-order valence-electron chi connectivity index (χ1n) is 11.1. The van der Waals surface area contributed by atoms with Crippen molar-refractivity contribution in [2.75, 3.05) is 43.8 Å². The van der Waals surface area contributed by atoms with Gasteiger partial charge < -0.3 is 26.0 Å². The summed E-state index contributed by atoms with van der Waals surface area (Å²) in [7, 11) is 0. The van der Waals surface area contributed by atoms with E-state index in [0.29, 0.717) is 29.3 Å². The fourth-order valence-electron chi connectivity index (χ4n) is 3.65. The van der Waals surface area contributed by atoms with Gasteiger partial charge in [0, 0.05) is 25.2 Å². The van der Waals surface area contributed by atoms with Crippen molar-refractivity contribution in [2.45, 2.75) is 39.0 Å². The van der Waals surface area contributed by atoms with Gasteiger partial charge in [0.05, 0.1) is 11.4 Å². The molecule has 0 saturated carbocycles. The van der Waals surface area contributed by atoms with Gasteiger partial charge in [-0.3, -0.25) is 4.79 Å². The number of nitrogens with one attached hydrogen (secondary N) is 2. The Hall–Kier alpha value is -2.73. The van der Waals surface area contributed by atoms with Gasteiger partial charge in [-0.15, -0.1) is 0 Å². The van der Waals surface area contributed by atoms with E-state index in [2.05, 4.69) is 22.5 Å². The summed E-state index contributed by atoms with van der Waals surface area (Å²) in [4.78, 5) is 15.1. The molecule has 0 aliphatic carbocycles. The number of anilines is 2. The highest BCUT2D eigenvalue weighted by molar-refractivity contribution is 5.97. The molecule has 0 radical (unpaired) electrons. The van der Waals surface area contributed by atoms with Crippen molar-refractivity contribution in [1.29, 1.82) is 0 Å². The lowest BCUT2D eigenvalue weighted by Crippen LogP contribution is -2.37. The number of nitrogens with two attached hydrogens (primary N) is 1. The highest BCUT2D eigenvalue weighted by atomic mass is 16.5. The van der Waals surface area contributed by atoms with Crippen LogP contribution >= 0.6 is 0 Å². The zero-order chi connectivity index (χ0) is 21.2. The monoisotopic (exact) mass is 410 g/mol. The largest absolute Gasteiger partial charge is 0.453 e. The number of carbonyl (C=O) groups is 1. The molecule has 0 spiro atoms. The molecule has 1 heterocycles. The van der Waals surface area contributed by atoms with Gasteiger partial charge in [0.25, 0.3) is 5.91 Å². The third-order valence-electron chi connectivity index (χ3n) is 5.35. The van der Waals surface area contributed by atoms with Gasteiger partial charge in [-0.2, -0.15) is 0 Å². The average molecular weight is 411 g/mol. The van der Waals surface area contributed by atoms with E-state index in [1.54, 1.807) is 6.07 Å². The summed E-state index contributed by atoms with van der Waals surface area (Å²) in [6, 6.07) is 13.1. The first kappa shape index (κ1) is 22.0. The van der Waals surface area contributed by atoms with Crippen molar-refractivity contribution in [2.24, 2.45) is 0 Å². The molecule has 6 heteroatoms. The van der Waals surface area contributed by atoms with Crippen LogP contribution in [0.2, 0.25) is 0 Å². The molecule has 1 aliphatic rings. The number of ether oxygens (including phenoxy) is 1. The molecule has 0 bridgehead atoms. The second-order valence-corrected chi connectivity index (χ2v) is 7.80. The number of amides is 1. The molecule has 4 N–H and O–H groups in total. The first-order chi connectivity index (χ1) is 14.7. The van der Waals surface area contributed by atoms with E-state index in [9.17, 15) is 4.79 Å². The van der Waals surface area contributed by atoms with Crippen LogP contribution in [0.25, 0.3) is 0 Å². The minimum atomic E-state index is -0.108. The molecule has 2 aromatic rings. The third kappa shape index (κ3) is 6.39. The Morgan fingerprint density at radius 1 is 1.10 bits per heavy atom. The molecule has 3 rings (SSSR count). The molecular formula is C24H34N4O2. The van der Waals surface area contributed by atoms with E-state index < -0.39 is 0 Å². The predicted molar refractivity (Wildman–Crippen MR) is 123 cm³/mol. The van der Waals surface area contributed by atoms with Crippen LogP contribution in [-0.2, 0) is 0 Å². The maximum Gasteiger partial charge on any atom is 0.251 e. The van der Waals surface area contributed by atoms with Crippen LogP contribution in [0.1, 0.15) is 49.4 Å². The molecule has 0 aromatic heterocycles. The number of rotatable bonds is 10. The fraction of sp³-hybridized carbons (Fsp3) is 0.458. The second kappa shape index (κ2) is 11.5. The Morgan fingerprint density at radius 3 is 2.60 bits per heavy atom. The molecular weight excluding hydrogens is 376 g/mol. The van der Waals surface area contributed by atoms with Crippen LogP contribution in [0.3, 0.4) is 0 Å². The van der Waals surface area contributed by atoms with E-state index in [1.807, 2.05) is 36.4 Å². The normalized spacial score (nSPS) is 14.3. The highest BCUT2D eigenvalue weighted by Gasteiger charge is 2.16. The molecule has 6 nitrogen and oxygen atoms in total. The zero-order valence-electron chi connectivity index (χ0n) is 18.0. The molecule has 1 fully saturated rings. The maximum atomic E-state index is 12.7. The number of unbranched alkanes of at least 4 members (excludes halogenated alkanes) is 1. The van der Waals surface area contributed by atoms with Gasteiger partial charge in [-0.1, -0.05) is 38.0 Å². The van der Waals surface area contributed by atoms with Crippen LogP contribution in [0.15, 0.2) is 42.5 Å². The Morgan fingerprint density at radius 2 is 1.87 bits per heavy atom. The van der Waals surface area contributed by atoms with Crippen LogP contribution < -0.4 is 21.1 Å². The van der Waals surface area contributed by atoms with E-state index in [4.69, 9.17) is 10.5 Å². The number of carbonyl (C=O) groups excluding carboxylic acids is 1. The van der Waals surface area contributed by atoms with Crippen molar-refractivity contribution < 1.29 is 9.53 Å². The molecule has 1 amide bonds. The van der Waals surface area contributed by atoms with Crippen molar-refractivity contribution >= 4 is 17.3 Å². The number of para-hydroxylation sites is 1. The molecule has 0 unspecified atom stereocenters. The summed E-state index contributed by atoms with van der Waals surface area (Å²) in [6.45, 7) is 6.71. The standard InChI is InChI=1S/C24H34N4O2/c1-2-3-12-26-22-18-19(24(29)27-13-16-28-14-8-5-9-15-28)17-21(25)23(22)30-20-10-6-4-7-11-20/h4,6-7,10-11,17-18,26H,2-3,5,8-9,12-16,25H2,1H3,(H,27,29). The minimum absolute atomic E-state index is 0.108. The topological polar surface area (TPSA) is 79.6 Å². The van der Waals surface area contributed by atoms with Crippen LogP contribution in [-0.4, -0.2) is 43.5 Å². The quantitative estimate of drug-likeness (QED) is 0.397. The summed E-state index contributed by atoms with van der Waals surface area (Å²) in [5.41, 5.74) is 8.04. The lowest BCUT2D eigenvalue weighted by molar-refractivity contribution is 0.0946.